The fraction of sp³-hybridized carbons (Fsp3) is 0.304. The lowest BCUT2D eigenvalue weighted by Crippen LogP contribution is -2.39. The number of fused-ring (bicyclic) bond motifs is 2. The maximum absolute atomic E-state index is 14.3. The van der Waals surface area contributed by atoms with E-state index in [0.29, 0.717) is 52.6 Å². The van der Waals surface area contributed by atoms with Crippen molar-refractivity contribution in [1.82, 2.24) is 19.9 Å². The summed E-state index contributed by atoms with van der Waals surface area (Å²) in [5.41, 5.74) is 1.78. The van der Waals surface area contributed by atoms with E-state index in [0.717, 1.165) is 37.0 Å². The van der Waals surface area contributed by atoms with Gasteiger partial charge < -0.3 is 4.74 Å². The van der Waals surface area contributed by atoms with E-state index in [2.05, 4.69) is 19.9 Å². The Morgan fingerprint density at radius 1 is 1.09 bits per heavy atom. The van der Waals surface area contributed by atoms with Gasteiger partial charge in [0.1, 0.15) is 11.3 Å². The summed E-state index contributed by atoms with van der Waals surface area (Å²) in [7, 11) is 0. The molecule has 2 aromatic heterocycles. The topological polar surface area (TPSA) is 71.5 Å². The molecule has 2 aromatic carbocycles. The van der Waals surface area contributed by atoms with Crippen molar-refractivity contribution in [3.8, 4) is 0 Å². The quantitative estimate of drug-likeness (QED) is 0.427. The van der Waals surface area contributed by atoms with Crippen LogP contribution in [0.1, 0.15) is 16.8 Å². The van der Waals surface area contributed by atoms with E-state index in [4.69, 9.17) is 4.74 Å². The van der Waals surface area contributed by atoms with E-state index in [1.165, 1.54) is 6.07 Å². The van der Waals surface area contributed by atoms with Gasteiger partial charge in [-0.3, -0.25) is 24.6 Å². The minimum absolute atomic E-state index is 0.0618. The molecule has 0 radical (unpaired) electrons. The average molecular weight is 470 g/mol. The molecular weight excluding hydrogens is 448 g/mol. The Kier molecular flexibility index (Phi) is 6.21. The van der Waals surface area contributed by atoms with Crippen LogP contribution in [0.15, 0.2) is 42.7 Å². The van der Waals surface area contributed by atoms with Crippen LogP contribution in [-0.2, 0) is 4.74 Å². The van der Waals surface area contributed by atoms with Crippen molar-refractivity contribution in [2.24, 2.45) is 0 Å². The van der Waals surface area contributed by atoms with Crippen LogP contribution >= 0.6 is 11.3 Å². The van der Waals surface area contributed by atoms with Crippen LogP contribution < -0.4 is 4.90 Å². The molecule has 7 nitrogen and oxygen atoms in total. The number of hydrogen-bond acceptors (Lipinski definition) is 7. The third kappa shape index (κ3) is 4.68. The summed E-state index contributed by atoms with van der Waals surface area (Å²) in [4.78, 5) is 30.2. The van der Waals surface area contributed by atoms with Gasteiger partial charge in [-0.25, -0.2) is 13.8 Å². The summed E-state index contributed by atoms with van der Waals surface area (Å²) < 4.78 is 33.8. The Labute approximate surface area is 192 Å². The minimum atomic E-state index is -0.741. The molecule has 4 aromatic rings. The number of amides is 1. The standard InChI is InChI=1S/C23H21F2N5O2S/c24-16-13-17(25)21-20(14-16)33-23(28-21)30(7-1-6-29-8-10-32-11-9-29)22(31)15-2-3-18-19(12-15)27-5-4-26-18/h2-5,12-14H,1,6-11H2. The summed E-state index contributed by atoms with van der Waals surface area (Å²) in [6, 6.07) is 7.17. The number of carbonyl (C=O) groups is 1. The predicted molar refractivity (Wildman–Crippen MR) is 123 cm³/mol. The molecule has 1 aliphatic heterocycles. The number of morpholine rings is 1. The zero-order valence-electron chi connectivity index (χ0n) is 17.7. The van der Waals surface area contributed by atoms with Gasteiger partial charge in [0.2, 0.25) is 0 Å². The molecule has 1 saturated heterocycles. The molecule has 33 heavy (non-hydrogen) atoms. The number of halogens is 2. The van der Waals surface area contributed by atoms with E-state index in [-0.39, 0.29) is 11.4 Å². The minimum Gasteiger partial charge on any atom is -0.379 e. The molecule has 170 valence electrons. The molecule has 1 amide bonds. The molecule has 0 spiro atoms. The summed E-state index contributed by atoms with van der Waals surface area (Å²) in [5, 5.41) is 0.334. The molecule has 0 saturated carbocycles. The monoisotopic (exact) mass is 469 g/mol. The van der Waals surface area contributed by atoms with Gasteiger partial charge in [-0.05, 0) is 30.7 Å². The van der Waals surface area contributed by atoms with Gasteiger partial charge in [0, 0.05) is 50.2 Å². The van der Waals surface area contributed by atoms with Gasteiger partial charge in [-0.2, -0.15) is 0 Å². The van der Waals surface area contributed by atoms with E-state index in [1.807, 2.05) is 0 Å². The van der Waals surface area contributed by atoms with Crippen molar-refractivity contribution < 1.29 is 18.3 Å². The normalized spacial score (nSPS) is 14.7. The third-order valence-electron chi connectivity index (χ3n) is 5.55. The van der Waals surface area contributed by atoms with Gasteiger partial charge in [0.05, 0.1) is 28.9 Å². The second-order valence-corrected chi connectivity index (χ2v) is 8.76. The molecule has 0 bridgehead atoms. The first kappa shape index (κ1) is 21.7. The molecule has 0 unspecified atom stereocenters. The number of benzene rings is 2. The first-order valence-corrected chi connectivity index (χ1v) is 11.5. The Balaban J connectivity index is 1.45. The molecule has 1 aliphatic rings. The van der Waals surface area contributed by atoms with Crippen molar-refractivity contribution >= 4 is 43.6 Å². The molecule has 0 aliphatic carbocycles. The van der Waals surface area contributed by atoms with Gasteiger partial charge in [-0.15, -0.1) is 0 Å². The Morgan fingerprint density at radius 2 is 1.88 bits per heavy atom. The number of aromatic nitrogens is 3. The van der Waals surface area contributed by atoms with Crippen LogP contribution in [0, 0.1) is 11.6 Å². The average Bonchev–Trinajstić information content (AvgIpc) is 3.26. The number of nitrogens with zero attached hydrogens (tertiary/aromatic N) is 5. The number of ether oxygens (including phenoxy) is 1. The van der Waals surface area contributed by atoms with Crippen LogP contribution in [0.2, 0.25) is 0 Å². The first-order chi connectivity index (χ1) is 16.1. The van der Waals surface area contributed by atoms with Crippen molar-refractivity contribution in [3.05, 3.63) is 59.9 Å². The Hall–Kier alpha value is -3.08. The highest BCUT2D eigenvalue weighted by molar-refractivity contribution is 7.22. The smallest absolute Gasteiger partial charge is 0.260 e. The molecule has 3 heterocycles. The van der Waals surface area contributed by atoms with Gasteiger partial charge in [0.25, 0.3) is 5.91 Å². The van der Waals surface area contributed by atoms with Crippen LogP contribution in [-0.4, -0.2) is 65.2 Å². The largest absolute Gasteiger partial charge is 0.379 e. The van der Waals surface area contributed by atoms with Crippen LogP contribution in [0.25, 0.3) is 21.3 Å². The summed E-state index contributed by atoms with van der Waals surface area (Å²) in [6.45, 7) is 4.28. The lowest BCUT2D eigenvalue weighted by Gasteiger charge is -2.27. The predicted octanol–water partition coefficient (Wildman–Crippen LogP) is 3.89. The Morgan fingerprint density at radius 3 is 2.70 bits per heavy atom. The lowest BCUT2D eigenvalue weighted by atomic mass is 10.1. The number of carbonyl (C=O) groups excluding carboxylic acids is 1. The molecule has 0 N–H and O–H groups in total. The SMILES string of the molecule is O=C(c1ccc2nccnc2c1)N(CCCN1CCOCC1)c1nc2c(F)cc(F)cc2s1. The van der Waals surface area contributed by atoms with E-state index >= 15 is 0 Å². The summed E-state index contributed by atoms with van der Waals surface area (Å²) >= 11 is 1.10. The second-order valence-electron chi connectivity index (χ2n) is 7.75. The van der Waals surface area contributed by atoms with Crippen LogP contribution in [0.5, 0.6) is 0 Å². The van der Waals surface area contributed by atoms with Crippen molar-refractivity contribution in [2.75, 3.05) is 44.3 Å². The van der Waals surface area contributed by atoms with Crippen LogP contribution in [0.4, 0.5) is 13.9 Å². The highest BCUT2D eigenvalue weighted by Gasteiger charge is 2.23. The molecule has 1 fully saturated rings. The van der Waals surface area contributed by atoms with E-state index < -0.39 is 11.6 Å². The van der Waals surface area contributed by atoms with Gasteiger partial charge in [0.15, 0.2) is 10.9 Å². The lowest BCUT2D eigenvalue weighted by molar-refractivity contribution is 0.0376. The zero-order chi connectivity index (χ0) is 22.8. The summed E-state index contributed by atoms with van der Waals surface area (Å²) in [6.07, 6.45) is 3.87. The molecule has 0 atom stereocenters. The zero-order valence-corrected chi connectivity index (χ0v) is 18.5. The number of rotatable bonds is 6. The third-order valence-corrected chi connectivity index (χ3v) is 6.58. The molecular formula is C23H21F2N5O2S. The Bertz CT molecular complexity index is 1310. The maximum Gasteiger partial charge on any atom is 0.260 e. The maximum atomic E-state index is 14.3. The van der Waals surface area contributed by atoms with Crippen molar-refractivity contribution in [2.45, 2.75) is 6.42 Å². The van der Waals surface area contributed by atoms with Crippen LogP contribution in [0.3, 0.4) is 0 Å². The number of anilines is 1. The number of thiazole rings is 1. The van der Waals surface area contributed by atoms with Crippen molar-refractivity contribution in [3.63, 3.8) is 0 Å². The molecule has 5 rings (SSSR count). The fourth-order valence-corrected chi connectivity index (χ4v) is 4.90. The second kappa shape index (κ2) is 9.42. The van der Waals surface area contributed by atoms with Crippen molar-refractivity contribution in [1.29, 1.82) is 0 Å². The fourth-order valence-electron chi connectivity index (χ4n) is 3.87. The molecule has 10 heteroatoms. The van der Waals surface area contributed by atoms with E-state index in [1.54, 1.807) is 35.5 Å². The summed E-state index contributed by atoms with van der Waals surface area (Å²) in [5.74, 6) is -1.69. The van der Waals surface area contributed by atoms with E-state index in [9.17, 15) is 13.6 Å². The number of hydrogen-bond donors (Lipinski definition) is 0. The highest BCUT2D eigenvalue weighted by Crippen LogP contribution is 2.32. The first-order valence-electron chi connectivity index (χ1n) is 10.7. The van der Waals surface area contributed by atoms with Gasteiger partial charge in [-0.1, -0.05) is 11.3 Å². The van der Waals surface area contributed by atoms with Gasteiger partial charge >= 0.3 is 0 Å². The highest BCUT2D eigenvalue weighted by atomic mass is 32.1.